The van der Waals surface area contributed by atoms with E-state index in [-0.39, 0.29) is 11.7 Å². The van der Waals surface area contributed by atoms with Gasteiger partial charge in [0.05, 0.1) is 0 Å². The number of ether oxygens (including phenoxy) is 1. The number of rotatable bonds is 1. The zero-order valence-electron chi connectivity index (χ0n) is 5.83. The van der Waals surface area contributed by atoms with Gasteiger partial charge in [-0.1, -0.05) is 6.92 Å². The average molecular weight is 155 g/mol. The maximum absolute atomic E-state index is 8.69. The van der Waals surface area contributed by atoms with Crippen LogP contribution in [0.1, 0.15) is 13.3 Å². The molecule has 2 rings (SSSR count). The molecular formula is C7H9NOS. The molecule has 0 radical (unpaired) electrons. The van der Waals surface area contributed by atoms with Crippen LogP contribution in [0.25, 0.3) is 0 Å². The van der Waals surface area contributed by atoms with Gasteiger partial charge in [0.2, 0.25) is 0 Å². The van der Waals surface area contributed by atoms with Crippen LogP contribution in [0.3, 0.4) is 0 Å². The summed E-state index contributed by atoms with van der Waals surface area (Å²) in [5, 5.41) is 9.27. The topological polar surface area (TPSA) is 36.3 Å². The van der Waals surface area contributed by atoms with Crippen LogP contribution in [0.5, 0.6) is 0 Å². The lowest BCUT2D eigenvalue weighted by Gasteiger charge is -2.03. The first-order chi connectivity index (χ1) is 4.82. The van der Waals surface area contributed by atoms with Crippen LogP contribution < -0.4 is 0 Å². The van der Waals surface area contributed by atoms with E-state index in [2.05, 4.69) is 13.0 Å². The van der Waals surface area contributed by atoms with Crippen molar-refractivity contribution in [2.45, 2.75) is 30.3 Å². The molecule has 2 heterocycles. The molecule has 2 aliphatic heterocycles. The Morgan fingerprint density at radius 1 is 1.90 bits per heavy atom. The third kappa shape index (κ3) is 0.637. The molecule has 0 spiro atoms. The van der Waals surface area contributed by atoms with Crippen molar-refractivity contribution >= 4 is 11.8 Å². The maximum atomic E-state index is 8.69. The van der Waals surface area contributed by atoms with Crippen molar-refractivity contribution in [2.75, 3.05) is 5.75 Å². The smallest absolute Gasteiger partial charge is 0.190 e. The van der Waals surface area contributed by atoms with Gasteiger partial charge in [-0.25, -0.2) is 0 Å². The van der Waals surface area contributed by atoms with Gasteiger partial charge in [-0.2, -0.15) is 17.0 Å². The molecule has 0 bridgehead atoms. The van der Waals surface area contributed by atoms with Gasteiger partial charge in [0.15, 0.2) is 5.60 Å². The number of nitrogens with zero attached hydrogens (tertiary/aromatic N) is 1. The van der Waals surface area contributed by atoms with Crippen molar-refractivity contribution in [3.8, 4) is 6.07 Å². The summed E-state index contributed by atoms with van der Waals surface area (Å²) in [7, 11) is 0. The summed E-state index contributed by atoms with van der Waals surface area (Å²) in [4.78, 5) is 0. The summed E-state index contributed by atoms with van der Waals surface area (Å²) >= 11 is 1.88. The van der Waals surface area contributed by atoms with Gasteiger partial charge in [0.1, 0.15) is 12.2 Å². The van der Waals surface area contributed by atoms with Gasteiger partial charge in [-0.3, -0.25) is 0 Å². The summed E-state index contributed by atoms with van der Waals surface area (Å²) in [5.74, 6) is 0.882. The van der Waals surface area contributed by atoms with Crippen LogP contribution in [0.2, 0.25) is 0 Å². The number of hydrogen-bond acceptors (Lipinski definition) is 3. The Labute approximate surface area is 64.5 Å². The highest BCUT2D eigenvalue weighted by Crippen LogP contribution is 2.52. The van der Waals surface area contributed by atoms with E-state index in [1.807, 2.05) is 11.8 Å². The highest BCUT2D eigenvalue weighted by molar-refractivity contribution is 8.00. The molecule has 2 aliphatic rings. The molecule has 54 valence electrons. The molecule has 3 heteroatoms. The summed E-state index contributed by atoms with van der Waals surface area (Å²) in [6.45, 7) is 2.15. The quantitative estimate of drug-likeness (QED) is 0.533. The van der Waals surface area contributed by atoms with Gasteiger partial charge < -0.3 is 4.74 Å². The minimum absolute atomic E-state index is 0.257. The standard InChI is InChI=1S/C7H9NOS/c1-2-5-6-7(3-8,9-6)4-10-5/h5-6H,2,4H2,1H3/t5?,6-,7+/m1/s1. The first-order valence-corrected chi connectivity index (χ1v) is 4.58. The van der Waals surface area contributed by atoms with Crippen molar-refractivity contribution in [1.29, 1.82) is 5.26 Å². The summed E-state index contributed by atoms with van der Waals surface area (Å²) < 4.78 is 5.31. The molecule has 1 unspecified atom stereocenters. The first-order valence-electron chi connectivity index (χ1n) is 3.53. The predicted octanol–water partition coefficient (Wildman–Crippen LogP) is 1.17. The molecule has 0 aromatic heterocycles. The molecule has 0 aromatic carbocycles. The van der Waals surface area contributed by atoms with Gasteiger partial charge in [-0.05, 0) is 6.42 Å². The molecule has 2 nitrogen and oxygen atoms in total. The molecule has 0 saturated carbocycles. The van der Waals surface area contributed by atoms with Crippen LogP contribution >= 0.6 is 11.8 Å². The molecule has 10 heavy (non-hydrogen) atoms. The largest absolute Gasteiger partial charge is 0.348 e. The van der Waals surface area contributed by atoms with Gasteiger partial charge in [0.25, 0.3) is 0 Å². The van der Waals surface area contributed by atoms with Crippen molar-refractivity contribution in [3.63, 3.8) is 0 Å². The van der Waals surface area contributed by atoms with E-state index < -0.39 is 0 Å². The van der Waals surface area contributed by atoms with Gasteiger partial charge in [0, 0.05) is 11.0 Å². The third-order valence-corrected chi connectivity index (χ3v) is 3.78. The average Bonchev–Trinajstić information content (AvgIpc) is 2.60. The van der Waals surface area contributed by atoms with Crippen molar-refractivity contribution in [1.82, 2.24) is 0 Å². The highest BCUT2D eigenvalue weighted by Gasteiger charge is 2.65. The van der Waals surface area contributed by atoms with Crippen molar-refractivity contribution in [3.05, 3.63) is 0 Å². The zero-order valence-corrected chi connectivity index (χ0v) is 6.65. The van der Waals surface area contributed by atoms with E-state index in [1.54, 1.807) is 0 Å². The second-order valence-corrected chi connectivity index (χ2v) is 4.02. The SMILES string of the molecule is CCC1SC[C@]2(C#N)O[C@H]12. The molecule has 0 aromatic rings. The Balaban J connectivity index is 2.10. The molecule has 0 amide bonds. The molecular weight excluding hydrogens is 146 g/mol. The van der Waals surface area contributed by atoms with E-state index >= 15 is 0 Å². The first kappa shape index (κ1) is 6.51. The minimum atomic E-state index is -0.356. The summed E-state index contributed by atoms with van der Waals surface area (Å²) in [5.41, 5.74) is -0.356. The maximum Gasteiger partial charge on any atom is 0.190 e. The zero-order chi connectivity index (χ0) is 7.19. The van der Waals surface area contributed by atoms with Gasteiger partial charge >= 0.3 is 0 Å². The Bertz CT molecular complexity index is 200. The molecule has 0 N–H and O–H groups in total. The predicted molar refractivity (Wildman–Crippen MR) is 39.8 cm³/mol. The van der Waals surface area contributed by atoms with E-state index in [0.29, 0.717) is 5.25 Å². The Morgan fingerprint density at radius 2 is 2.70 bits per heavy atom. The summed E-state index contributed by atoms with van der Waals surface area (Å²) in [6, 6.07) is 2.24. The highest BCUT2D eigenvalue weighted by atomic mass is 32.2. The fourth-order valence-corrected chi connectivity index (χ4v) is 2.90. The Morgan fingerprint density at radius 3 is 3.00 bits per heavy atom. The van der Waals surface area contributed by atoms with E-state index in [9.17, 15) is 0 Å². The van der Waals surface area contributed by atoms with Crippen LogP contribution in [0.15, 0.2) is 0 Å². The lowest BCUT2D eigenvalue weighted by Crippen LogP contribution is -2.11. The minimum Gasteiger partial charge on any atom is -0.348 e. The van der Waals surface area contributed by atoms with Crippen LogP contribution in [-0.2, 0) is 4.74 Å². The Kier molecular flexibility index (Phi) is 1.23. The summed E-state index contributed by atoms with van der Waals surface area (Å²) in [6.07, 6.45) is 1.38. The second-order valence-electron chi connectivity index (χ2n) is 2.80. The molecule has 2 fully saturated rings. The number of nitriles is 1. The van der Waals surface area contributed by atoms with Crippen LogP contribution in [0, 0.1) is 11.3 Å². The Hall–Kier alpha value is -0.200. The number of epoxide rings is 1. The fourth-order valence-electron chi connectivity index (χ4n) is 1.46. The third-order valence-electron chi connectivity index (χ3n) is 2.18. The molecule has 3 atom stereocenters. The fraction of sp³-hybridized carbons (Fsp3) is 0.857. The van der Waals surface area contributed by atoms with Crippen molar-refractivity contribution in [2.24, 2.45) is 0 Å². The number of fused-ring (bicyclic) bond motifs is 1. The van der Waals surface area contributed by atoms with E-state index in [0.717, 1.165) is 12.2 Å². The molecule has 2 saturated heterocycles. The monoisotopic (exact) mass is 155 g/mol. The molecule has 0 aliphatic carbocycles. The van der Waals surface area contributed by atoms with Gasteiger partial charge in [-0.15, -0.1) is 0 Å². The van der Waals surface area contributed by atoms with Crippen molar-refractivity contribution < 1.29 is 4.74 Å². The van der Waals surface area contributed by atoms with E-state index in [1.165, 1.54) is 0 Å². The number of hydrogen-bond donors (Lipinski definition) is 0. The van der Waals surface area contributed by atoms with E-state index in [4.69, 9.17) is 10.00 Å². The van der Waals surface area contributed by atoms with Crippen LogP contribution in [0.4, 0.5) is 0 Å². The second kappa shape index (κ2) is 1.90. The lowest BCUT2D eigenvalue weighted by molar-refractivity contribution is 0.338. The lowest BCUT2D eigenvalue weighted by atomic mass is 10.1. The van der Waals surface area contributed by atoms with Crippen LogP contribution in [-0.4, -0.2) is 22.7 Å². The normalized spacial score (nSPS) is 50.0. The number of thioether (sulfide) groups is 1.